The number of nitrogens with zero attached hydrogens (tertiary/aromatic N) is 4. The number of hydrogen-bond acceptors (Lipinski definition) is 6. The highest BCUT2D eigenvalue weighted by Crippen LogP contribution is 2.17. The highest BCUT2D eigenvalue weighted by Gasteiger charge is 2.18. The maximum atomic E-state index is 12.5. The van der Waals surface area contributed by atoms with Crippen LogP contribution in [0.3, 0.4) is 0 Å². The third-order valence-electron chi connectivity index (χ3n) is 4.11. The summed E-state index contributed by atoms with van der Waals surface area (Å²) in [7, 11) is 0. The molecule has 0 aliphatic heterocycles. The number of carbonyl (C=O) groups is 2. The summed E-state index contributed by atoms with van der Waals surface area (Å²) in [6.45, 7) is 8.21. The fourth-order valence-corrected chi connectivity index (χ4v) is 3.45. The van der Waals surface area contributed by atoms with Gasteiger partial charge in [0.05, 0.1) is 18.3 Å². The van der Waals surface area contributed by atoms with Gasteiger partial charge < -0.3 is 9.64 Å². The van der Waals surface area contributed by atoms with Crippen molar-refractivity contribution in [1.82, 2.24) is 19.7 Å². The van der Waals surface area contributed by atoms with Gasteiger partial charge in [-0.3, -0.25) is 4.79 Å². The molecule has 0 saturated carbocycles. The number of aromatic nitrogens is 3. The Kier molecular flexibility index (Phi) is 6.20. The van der Waals surface area contributed by atoms with Crippen molar-refractivity contribution < 1.29 is 14.3 Å². The molecule has 3 aromatic rings. The van der Waals surface area contributed by atoms with Crippen LogP contribution in [0.1, 0.15) is 35.1 Å². The minimum Gasteiger partial charge on any atom is -0.452 e. The number of esters is 1. The SMILES string of the molecule is C=CCN(Cc1cccs1)C(=O)COC(=O)c1cnc2c(cnn2C(C)C)c1. The lowest BCUT2D eigenvalue weighted by Crippen LogP contribution is -2.34. The van der Waals surface area contributed by atoms with Gasteiger partial charge in [-0.25, -0.2) is 14.5 Å². The summed E-state index contributed by atoms with van der Waals surface area (Å²) in [6, 6.07) is 5.73. The van der Waals surface area contributed by atoms with Gasteiger partial charge in [0.1, 0.15) is 0 Å². The summed E-state index contributed by atoms with van der Waals surface area (Å²) in [5, 5.41) is 6.99. The average Bonchev–Trinajstić information content (AvgIpc) is 3.34. The van der Waals surface area contributed by atoms with E-state index in [0.29, 0.717) is 18.7 Å². The Bertz CT molecular complexity index is 979. The molecule has 0 aromatic carbocycles. The first kappa shape index (κ1) is 19.8. The molecule has 146 valence electrons. The minimum atomic E-state index is -0.588. The topological polar surface area (TPSA) is 77.3 Å². The number of ether oxygens (including phenoxy) is 1. The van der Waals surface area contributed by atoms with Crippen molar-refractivity contribution in [2.75, 3.05) is 13.2 Å². The fourth-order valence-electron chi connectivity index (χ4n) is 2.73. The summed E-state index contributed by atoms with van der Waals surface area (Å²) in [4.78, 5) is 31.8. The lowest BCUT2D eigenvalue weighted by atomic mass is 10.2. The molecule has 0 fully saturated rings. The van der Waals surface area contributed by atoms with Crippen LogP contribution in [0.25, 0.3) is 11.0 Å². The van der Waals surface area contributed by atoms with E-state index in [4.69, 9.17) is 4.74 Å². The Morgan fingerprint density at radius 1 is 1.39 bits per heavy atom. The number of hydrogen-bond donors (Lipinski definition) is 0. The van der Waals surface area contributed by atoms with E-state index in [1.54, 1.807) is 39.3 Å². The summed E-state index contributed by atoms with van der Waals surface area (Å²) < 4.78 is 6.99. The third kappa shape index (κ3) is 4.45. The van der Waals surface area contributed by atoms with Gasteiger partial charge in [-0.15, -0.1) is 17.9 Å². The molecule has 0 N–H and O–H groups in total. The van der Waals surface area contributed by atoms with Gasteiger partial charge in [-0.1, -0.05) is 12.1 Å². The normalized spacial score (nSPS) is 11.0. The van der Waals surface area contributed by atoms with E-state index in [1.165, 1.54) is 6.20 Å². The molecule has 3 rings (SSSR count). The van der Waals surface area contributed by atoms with Crippen LogP contribution < -0.4 is 0 Å². The Morgan fingerprint density at radius 3 is 2.89 bits per heavy atom. The molecule has 7 nitrogen and oxygen atoms in total. The zero-order chi connectivity index (χ0) is 20.1. The number of fused-ring (bicyclic) bond motifs is 1. The molecular formula is C20H22N4O3S. The van der Waals surface area contributed by atoms with Crippen molar-refractivity contribution in [3.8, 4) is 0 Å². The number of thiophene rings is 1. The molecule has 0 spiro atoms. The van der Waals surface area contributed by atoms with E-state index in [2.05, 4.69) is 16.7 Å². The van der Waals surface area contributed by atoms with Gasteiger partial charge in [-0.05, 0) is 31.4 Å². The number of pyridine rings is 1. The van der Waals surface area contributed by atoms with E-state index in [1.807, 2.05) is 31.4 Å². The van der Waals surface area contributed by atoms with Crippen LogP contribution in [-0.2, 0) is 16.1 Å². The van der Waals surface area contributed by atoms with Crippen LogP contribution in [0.15, 0.2) is 48.6 Å². The molecule has 8 heteroatoms. The fraction of sp³-hybridized carbons (Fsp3) is 0.300. The van der Waals surface area contributed by atoms with Crippen LogP contribution in [0.4, 0.5) is 0 Å². The molecule has 0 unspecified atom stereocenters. The molecular weight excluding hydrogens is 376 g/mol. The van der Waals surface area contributed by atoms with E-state index < -0.39 is 5.97 Å². The molecule has 0 atom stereocenters. The zero-order valence-corrected chi connectivity index (χ0v) is 16.7. The van der Waals surface area contributed by atoms with Crippen molar-refractivity contribution in [1.29, 1.82) is 0 Å². The van der Waals surface area contributed by atoms with Gasteiger partial charge in [0.25, 0.3) is 5.91 Å². The van der Waals surface area contributed by atoms with Crippen molar-refractivity contribution >= 4 is 34.2 Å². The van der Waals surface area contributed by atoms with Gasteiger partial charge in [0.15, 0.2) is 12.3 Å². The Balaban J connectivity index is 1.64. The quantitative estimate of drug-likeness (QED) is 0.429. The van der Waals surface area contributed by atoms with Gasteiger partial charge in [0, 0.05) is 29.0 Å². The maximum Gasteiger partial charge on any atom is 0.340 e. The van der Waals surface area contributed by atoms with Crippen molar-refractivity contribution in [3.05, 3.63) is 59.1 Å². The highest BCUT2D eigenvalue weighted by atomic mass is 32.1. The molecule has 28 heavy (non-hydrogen) atoms. The molecule has 0 radical (unpaired) electrons. The van der Waals surface area contributed by atoms with E-state index in [-0.39, 0.29) is 24.1 Å². The van der Waals surface area contributed by atoms with Crippen molar-refractivity contribution in [2.24, 2.45) is 0 Å². The average molecular weight is 398 g/mol. The molecule has 3 aromatic heterocycles. The maximum absolute atomic E-state index is 12.5. The Labute approximate surface area is 167 Å². The predicted molar refractivity (Wildman–Crippen MR) is 108 cm³/mol. The van der Waals surface area contributed by atoms with Gasteiger partial charge in [0.2, 0.25) is 0 Å². The first-order valence-electron chi connectivity index (χ1n) is 8.91. The molecule has 0 aliphatic rings. The molecule has 3 heterocycles. The van der Waals surface area contributed by atoms with Gasteiger partial charge in [-0.2, -0.15) is 5.10 Å². The van der Waals surface area contributed by atoms with E-state index in [9.17, 15) is 9.59 Å². The summed E-state index contributed by atoms with van der Waals surface area (Å²) in [5.41, 5.74) is 0.993. The second-order valence-electron chi connectivity index (χ2n) is 6.54. The highest BCUT2D eigenvalue weighted by molar-refractivity contribution is 7.09. The van der Waals surface area contributed by atoms with Crippen molar-refractivity contribution in [3.63, 3.8) is 0 Å². The molecule has 0 bridgehead atoms. The standard InChI is InChI=1S/C20H22N4O3S/c1-4-7-23(12-17-6-5-8-28-17)18(25)13-27-20(26)16-9-15-11-22-24(14(2)3)19(15)21-10-16/h4-6,8-11,14H,1,7,12-13H2,2-3H3. The lowest BCUT2D eigenvalue weighted by Gasteiger charge is -2.20. The van der Waals surface area contributed by atoms with Crippen LogP contribution in [0, 0.1) is 0 Å². The molecule has 1 amide bonds. The van der Waals surface area contributed by atoms with Crippen LogP contribution >= 0.6 is 11.3 Å². The van der Waals surface area contributed by atoms with E-state index >= 15 is 0 Å². The summed E-state index contributed by atoms with van der Waals surface area (Å²) in [6.07, 6.45) is 4.76. The Hall–Kier alpha value is -3.00. The number of carbonyl (C=O) groups excluding carboxylic acids is 2. The molecule has 0 saturated heterocycles. The largest absolute Gasteiger partial charge is 0.452 e. The van der Waals surface area contributed by atoms with Crippen LogP contribution in [-0.4, -0.2) is 44.7 Å². The third-order valence-corrected chi connectivity index (χ3v) is 4.98. The smallest absolute Gasteiger partial charge is 0.340 e. The molecule has 0 aliphatic carbocycles. The summed E-state index contributed by atoms with van der Waals surface area (Å²) >= 11 is 1.57. The van der Waals surface area contributed by atoms with Crippen LogP contribution in [0.5, 0.6) is 0 Å². The monoisotopic (exact) mass is 398 g/mol. The second kappa shape index (κ2) is 8.79. The predicted octanol–water partition coefficient (Wildman–Crippen LogP) is 3.45. The zero-order valence-electron chi connectivity index (χ0n) is 15.9. The first-order chi connectivity index (χ1) is 13.5. The number of amides is 1. The summed E-state index contributed by atoms with van der Waals surface area (Å²) in [5.74, 6) is -0.863. The van der Waals surface area contributed by atoms with Crippen LogP contribution in [0.2, 0.25) is 0 Å². The first-order valence-corrected chi connectivity index (χ1v) is 9.79. The Morgan fingerprint density at radius 2 is 2.21 bits per heavy atom. The van der Waals surface area contributed by atoms with E-state index in [0.717, 1.165) is 10.3 Å². The van der Waals surface area contributed by atoms with Crippen molar-refractivity contribution in [2.45, 2.75) is 26.4 Å². The second-order valence-corrected chi connectivity index (χ2v) is 7.57. The van der Waals surface area contributed by atoms with Gasteiger partial charge >= 0.3 is 5.97 Å². The minimum absolute atomic E-state index is 0.166. The lowest BCUT2D eigenvalue weighted by molar-refractivity contribution is -0.134. The number of rotatable bonds is 8.